The molecule has 0 aliphatic carbocycles. The molecule has 0 aromatic heterocycles. The third-order valence-corrected chi connectivity index (χ3v) is 2.71. The first-order valence-corrected chi connectivity index (χ1v) is 6.38. The molecule has 1 aromatic carbocycles. The molecule has 0 bridgehead atoms. The van der Waals surface area contributed by atoms with Gasteiger partial charge in [0.05, 0.1) is 6.61 Å². The predicted molar refractivity (Wildman–Crippen MR) is 75.6 cm³/mol. The van der Waals surface area contributed by atoms with Crippen LogP contribution < -0.4 is 15.4 Å². The Bertz CT molecular complexity index is 396. The third-order valence-electron chi connectivity index (χ3n) is 2.71. The van der Waals surface area contributed by atoms with Gasteiger partial charge in [-0.2, -0.15) is 0 Å². The first kappa shape index (κ1) is 15.3. The lowest BCUT2D eigenvalue weighted by Gasteiger charge is -2.17. The van der Waals surface area contributed by atoms with Gasteiger partial charge in [-0.05, 0) is 18.6 Å². The Labute approximate surface area is 114 Å². The molecular formula is C14H22N2O3. The molecule has 0 saturated heterocycles. The largest absolute Gasteiger partial charge is 0.484 e. The Hall–Kier alpha value is -1.75. The van der Waals surface area contributed by atoms with Gasteiger partial charge >= 0.3 is 0 Å². The predicted octanol–water partition coefficient (Wildman–Crippen LogP) is 1.65. The number of ether oxygens (including phenoxy) is 2. The van der Waals surface area contributed by atoms with Crippen LogP contribution in [0.1, 0.15) is 13.3 Å². The molecule has 1 amide bonds. The zero-order chi connectivity index (χ0) is 14.1. The molecule has 0 aliphatic heterocycles. The van der Waals surface area contributed by atoms with Crippen LogP contribution in [-0.2, 0) is 9.53 Å². The fourth-order valence-corrected chi connectivity index (χ4v) is 1.60. The van der Waals surface area contributed by atoms with Gasteiger partial charge in [0.2, 0.25) is 0 Å². The second kappa shape index (κ2) is 8.37. The van der Waals surface area contributed by atoms with Gasteiger partial charge in [-0.25, -0.2) is 0 Å². The van der Waals surface area contributed by atoms with Crippen molar-refractivity contribution in [2.75, 3.05) is 32.7 Å². The summed E-state index contributed by atoms with van der Waals surface area (Å²) in [6.07, 6.45) is 0.969. The van der Waals surface area contributed by atoms with Crippen LogP contribution in [-0.4, -0.2) is 39.3 Å². The average Bonchev–Trinajstić information content (AvgIpc) is 2.44. The van der Waals surface area contributed by atoms with E-state index in [1.54, 1.807) is 14.2 Å². The zero-order valence-electron chi connectivity index (χ0n) is 11.7. The molecule has 0 heterocycles. The summed E-state index contributed by atoms with van der Waals surface area (Å²) < 4.78 is 10.5. The van der Waals surface area contributed by atoms with Crippen molar-refractivity contribution in [3.05, 3.63) is 24.3 Å². The lowest BCUT2D eigenvalue weighted by atomic mass is 10.2. The first-order valence-electron chi connectivity index (χ1n) is 6.38. The Morgan fingerprint density at radius 3 is 2.84 bits per heavy atom. The SMILES string of the molecule is CCC(COC)Nc1cccc(OCC(=O)NC)c1. The molecule has 2 N–H and O–H groups in total. The van der Waals surface area contributed by atoms with Gasteiger partial charge in [-0.1, -0.05) is 13.0 Å². The van der Waals surface area contributed by atoms with Gasteiger partial charge in [0.25, 0.3) is 5.91 Å². The number of anilines is 1. The second-order valence-electron chi connectivity index (χ2n) is 4.19. The summed E-state index contributed by atoms with van der Waals surface area (Å²) in [5.74, 6) is 0.519. The monoisotopic (exact) mass is 266 g/mol. The molecule has 1 atom stereocenters. The lowest BCUT2D eigenvalue weighted by Crippen LogP contribution is -2.25. The van der Waals surface area contributed by atoms with E-state index in [4.69, 9.17) is 9.47 Å². The lowest BCUT2D eigenvalue weighted by molar-refractivity contribution is -0.122. The van der Waals surface area contributed by atoms with Crippen molar-refractivity contribution in [3.63, 3.8) is 0 Å². The molecular weight excluding hydrogens is 244 g/mol. The number of hydrogen-bond donors (Lipinski definition) is 2. The van der Waals surface area contributed by atoms with Gasteiger partial charge in [0.1, 0.15) is 5.75 Å². The minimum atomic E-state index is -0.149. The number of carbonyl (C=O) groups is 1. The third kappa shape index (κ3) is 5.61. The van der Waals surface area contributed by atoms with Gasteiger partial charge < -0.3 is 20.1 Å². The van der Waals surface area contributed by atoms with Crippen LogP contribution in [0.25, 0.3) is 0 Å². The number of benzene rings is 1. The molecule has 5 heteroatoms. The summed E-state index contributed by atoms with van der Waals surface area (Å²) >= 11 is 0. The fourth-order valence-electron chi connectivity index (χ4n) is 1.60. The van der Waals surface area contributed by atoms with Crippen LogP contribution in [0.2, 0.25) is 0 Å². The standard InChI is InChI=1S/C14H22N2O3/c1-4-11(9-18-3)16-12-6-5-7-13(8-12)19-10-14(17)15-2/h5-8,11,16H,4,9-10H2,1-3H3,(H,15,17). The highest BCUT2D eigenvalue weighted by Crippen LogP contribution is 2.18. The van der Waals surface area contributed by atoms with Crippen LogP contribution in [0.3, 0.4) is 0 Å². The van der Waals surface area contributed by atoms with Crippen molar-refractivity contribution in [2.24, 2.45) is 0 Å². The van der Waals surface area contributed by atoms with E-state index in [9.17, 15) is 4.79 Å². The number of amides is 1. The Morgan fingerprint density at radius 1 is 1.42 bits per heavy atom. The molecule has 0 saturated carbocycles. The number of hydrogen-bond acceptors (Lipinski definition) is 4. The van der Waals surface area contributed by atoms with Crippen LogP contribution in [0.4, 0.5) is 5.69 Å². The Morgan fingerprint density at radius 2 is 2.21 bits per heavy atom. The molecule has 0 spiro atoms. The normalized spacial score (nSPS) is 11.7. The zero-order valence-corrected chi connectivity index (χ0v) is 11.7. The number of carbonyl (C=O) groups excluding carboxylic acids is 1. The van der Waals surface area contributed by atoms with E-state index in [0.717, 1.165) is 12.1 Å². The highest BCUT2D eigenvalue weighted by Gasteiger charge is 2.06. The Kier molecular flexibility index (Phi) is 6.74. The van der Waals surface area contributed by atoms with Crippen LogP contribution in [0.15, 0.2) is 24.3 Å². The van der Waals surface area contributed by atoms with Crippen molar-refractivity contribution in [1.29, 1.82) is 0 Å². The average molecular weight is 266 g/mol. The number of methoxy groups -OCH3 is 1. The molecule has 1 aromatic rings. The maximum atomic E-state index is 11.1. The summed E-state index contributed by atoms with van der Waals surface area (Å²) in [5, 5.41) is 5.88. The molecule has 1 unspecified atom stereocenters. The number of rotatable bonds is 8. The van der Waals surface area contributed by atoms with Crippen LogP contribution in [0, 0.1) is 0 Å². The van der Waals surface area contributed by atoms with E-state index in [1.807, 2.05) is 24.3 Å². The first-order chi connectivity index (χ1) is 9.19. The van der Waals surface area contributed by atoms with E-state index in [2.05, 4.69) is 17.6 Å². The molecule has 106 valence electrons. The Balaban J connectivity index is 2.58. The van der Waals surface area contributed by atoms with Gasteiger partial charge in [0.15, 0.2) is 6.61 Å². The van der Waals surface area contributed by atoms with Crippen molar-refractivity contribution >= 4 is 11.6 Å². The molecule has 5 nitrogen and oxygen atoms in total. The summed E-state index contributed by atoms with van der Waals surface area (Å²) in [4.78, 5) is 11.1. The quantitative estimate of drug-likeness (QED) is 0.751. The maximum absolute atomic E-state index is 11.1. The number of nitrogens with one attached hydrogen (secondary N) is 2. The summed E-state index contributed by atoms with van der Waals surface area (Å²) in [7, 11) is 3.27. The van der Waals surface area contributed by atoms with Gasteiger partial charge in [-0.3, -0.25) is 4.79 Å². The van der Waals surface area contributed by atoms with Crippen LogP contribution in [0.5, 0.6) is 5.75 Å². The molecule has 0 aliphatic rings. The van der Waals surface area contributed by atoms with Crippen molar-refractivity contribution < 1.29 is 14.3 Å². The molecule has 0 fully saturated rings. The van der Waals surface area contributed by atoms with Crippen molar-refractivity contribution in [3.8, 4) is 5.75 Å². The highest BCUT2D eigenvalue weighted by molar-refractivity contribution is 5.77. The van der Waals surface area contributed by atoms with Crippen molar-refractivity contribution in [2.45, 2.75) is 19.4 Å². The summed E-state index contributed by atoms with van der Waals surface area (Å²) in [6, 6.07) is 7.82. The highest BCUT2D eigenvalue weighted by atomic mass is 16.5. The minimum absolute atomic E-state index is 0.0230. The fraction of sp³-hybridized carbons (Fsp3) is 0.500. The minimum Gasteiger partial charge on any atom is -0.484 e. The smallest absolute Gasteiger partial charge is 0.257 e. The van der Waals surface area contributed by atoms with E-state index in [-0.39, 0.29) is 18.6 Å². The topological polar surface area (TPSA) is 59.6 Å². The maximum Gasteiger partial charge on any atom is 0.257 e. The molecule has 19 heavy (non-hydrogen) atoms. The van der Waals surface area contributed by atoms with E-state index in [1.165, 1.54) is 0 Å². The second-order valence-corrected chi connectivity index (χ2v) is 4.19. The van der Waals surface area contributed by atoms with E-state index in [0.29, 0.717) is 12.4 Å². The van der Waals surface area contributed by atoms with Gasteiger partial charge in [0, 0.05) is 32.0 Å². The molecule has 0 radical (unpaired) electrons. The van der Waals surface area contributed by atoms with E-state index >= 15 is 0 Å². The summed E-state index contributed by atoms with van der Waals surface area (Å²) in [5.41, 5.74) is 0.957. The van der Waals surface area contributed by atoms with Gasteiger partial charge in [-0.15, -0.1) is 0 Å². The van der Waals surface area contributed by atoms with Crippen LogP contribution >= 0.6 is 0 Å². The summed E-state index contributed by atoms with van der Waals surface area (Å²) in [6.45, 7) is 2.78. The van der Waals surface area contributed by atoms with Crippen molar-refractivity contribution in [1.82, 2.24) is 5.32 Å². The molecule has 1 rings (SSSR count). The van der Waals surface area contributed by atoms with E-state index < -0.39 is 0 Å². The number of likely N-dealkylation sites (N-methyl/N-ethyl adjacent to an activating group) is 1.